The molecule has 5 nitrogen and oxygen atoms in total. The lowest BCUT2D eigenvalue weighted by molar-refractivity contribution is 0.0921. The van der Waals surface area contributed by atoms with Crippen LogP contribution in [0.3, 0.4) is 0 Å². The number of ether oxygens (including phenoxy) is 2. The van der Waals surface area contributed by atoms with Crippen LogP contribution in [-0.4, -0.2) is 19.5 Å². The van der Waals surface area contributed by atoms with Crippen LogP contribution in [0.2, 0.25) is 0 Å². The van der Waals surface area contributed by atoms with Crippen molar-refractivity contribution in [2.75, 3.05) is 13.7 Å². The molecule has 0 fully saturated rings. The first-order valence-corrected chi connectivity index (χ1v) is 8.08. The Morgan fingerprint density at radius 2 is 1.96 bits per heavy atom. The standard InChI is InChI=1S/C20H17FO5/c1-3-12-9-20(23)26-19-10-14(5-6-15(12)19)25-11-17(22)13-4-7-18(24-2)16(21)8-13/h4-10H,3,11H2,1-2H3. The number of aryl methyl sites for hydroxylation is 1. The van der Waals surface area contributed by atoms with E-state index in [1.807, 2.05) is 6.92 Å². The van der Waals surface area contributed by atoms with E-state index in [9.17, 15) is 14.0 Å². The molecule has 26 heavy (non-hydrogen) atoms. The predicted molar refractivity (Wildman–Crippen MR) is 94.6 cm³/mol. The van der Waals surface area contributed by atoms with Gasteiger partial charge in [0.1, 0.15) is 11.3 Å². The number of fused-ring (bicyclic) bond motifs is 1. The number of methoxy groups -OCH3 is 1. The van der Waals surface area contributed by atoms with Crippen molar-refractivity contribution in [2.45, 2.75) is 13.3 Å². The minimum atomic E-state index is -0.613. The molecule has 0 radical (unpaired) electrons. The quantitative estimate of drug-likeness (QED) is 0.497. The maximum absolute atomic E-state index is 13.7. The van der Waals surface area contributed by atoms with E-state index in [0.29, 0.717) is 17.8 Å². The molecule has 0 bridgehead atoms. The Kier molecular flexibility index (Phi) is 5.02. The highest BCUT2D eigenvalue weighted by Crippen LogP contribution is 2.23. The van der Waals surface area contributed by atoms with E-state index in [1.165, 1.54) is 25.3 Å². The first-order valence-electron chi connectivity index (χ1n) is 8.08. The molecule has 1 heterocycles. The molecule has 2 aromatic carbocycles. The first-order chi connectivity index (χ1) is 12.5. The maximum Gasteiger partial charge on any atom is 0.336 e. The minimum Gasteiger partial charge on any atom is -0.494 e. The Hall–Kier alpha value is -3.15. The van der Waals surface area contributed by atoms with Crippen LogP contribution < -0.4 is 15.1 Å². The van der Waals surface area contributed by atoms with Gasteiger partial charge in [0.2, 0.25) is 0 Å². The van der Waals surface area contributed by atoms with Crippen molar-refractivity contribution in [1.82, 2.24) is 0 Å². The van der Waals surface area contributed by atoms with Crippen LogP contribution in [-0.2, 0) is 6.42 Å². The zero-order chi connectivity index (χ0) is 18.7. The van der Waals surface area contributed by atoms with Gasteiger partial charge >= 0.3 is 5.63 Å². The number of rotatable bonds is 6. The van der Waals surface area contributed by atoms with Crippen molar-refractivity contribution in [3.05, 3.63) is 69.8 Å². The highest BCUT2D eigenvalue weighted by Gasteiger charge is 2.12. The van der Waals surface area contributed by atoms with E-state index < -0.39 is 11.4 Å². The van der Waals surface area contributed by atoms with E-state index in [0.717, 1.165) is 17.0 Å². The van der Waals surface area contributed by atoms with E-state index in [2.05, 4.69) is 0 Å². The number of carbonyl (C=O) groups is 1. The molecule has 0 N–H and O–H groups in total. The van der Waals surface area contributed by atoms with Gasteiger partial charge in [-0.15, -0.1) is 0 Å². The third kappa shape index (κ3) is 3.59. The number of benzene rings is 2. The molecule has 0 amide bonds. The largest absolute Gasteiger partial charge is 0.494 e. The van der Waals surface area contributed by atoms with E-state index in [4.69, 9.17) is 13.9 Å². The topological polar surface area (TPSA) is 65.7 Å². The highest BCUT2D eigenvalue weighted by molar-refractivity contribution is 5.97. The summed E-state index contributed by atoms with van der Waals surface area (Å²) in [5.74, 6) is -0.539. The summed E-state index contributed by atoms with van der Waals surface area (Å²) < 4.78 is 29.2. The van der Waals surface area contributed by atoms with Gasteiger partial charge in [0.25, 0.3) is 0 Å². The summed E-state index contributed by atoms with van der Waals surface area (Å²) in [6.07, 6.45) is 0.698. The molecular formula is C20H17FO5. The Bertz CT molecular complexity index is 1020. The summed E-state index contributed by atoms with van der Waals surface area (Å²) in [5, 5.41) is 0.822. The molecule has 0 aliphatic heterocycles. The van der Waals surface area contributed by atoms with Gasteiger partial charge in [-0.05, 0) is 42.3 Å². The monoisotopic (exact) mass is 356 g/mol. The average Bonchev–Trinajstić information content (AvgIpc) is 2.64. The molecule has 6 heteroatoms. The zero-order valence-electron chi connectivity index (χ0n) is 14.4. The fourth-order valence-corrected chi connectivity index (χ4v) is 2.66. The second-order valence-electron chi connectivity index (χ2n) is 5.66. The fourth-order valence-electron chi connectivity index (χ4n) is 2.66. The van der Waals surface area contributed by atoms with Gasteiger partial charge in [-0.2, -0.15) is 0 Å². The molecule has 0 saturated heterocycles. The van der Waals surface area contributed by atoms with Crippen LogP contribution in [0, 0.1) is 5.82 Å². The van der Waals surface area contributed by atoms with Crippen molar-refractivity contribution < 1.29 is 23.1 Å². The van der Waals surface area contributed by atoms with Crippen molar-refractivity contribution >= 4 is 16.8 Å². The van der Waals surface area contributed by atoms with Crippen LogP contribution in [0.15, 0.2) is 51.7 Å². The van der Waals surface area contributed by atoms with Crippen molar-refractivity contribution in [3.8, 4) is 11.5 Å². The molecule has 0 aliphatic rings. The summed E-state index contributed by atoms with van der Waals surface area (Å²) >= 11 is 0. The lowest BCUT2D eigenvalue weighted by atomic mass is 10.1. The number of hydrogen-bond acceptors (Lipinski definition) is 5. The predicted octanol–water partition coefficient (Wildman–Crippen LogP) is 3.76. The first kappa shape index (κ1) is 17.7. The summed E-state index contributed by atoms with van der Waals surface area (Å²) in [4.78, 5) is 23.8. The molecular weight excluding hydrogens is 339 g/mol. The number of ketones is 1. The number of Topliss-reactive ketones (excluding diaryl/α,β-unsaturated/α-hetero) is 1. The van der Waals surface area contributed by atoms with Crippen LogP contribution in [0.4, 0.5) is 4.39 Å². The van der Waals surface area contributed by atoms with Gasteiger partial charge < -0.3 is 13.9 Å². The molecule has 0 unspecified atom stereocenters. The summed E-state index contributed by atoms with van der Waals surface area (Å²) in [6.45, 7) is 1.68. The van der Waals surface area contributed by atoms with Crippen molar-refractivity contribution in [1.29, 1.82) is 0 Å². The molecule has 0 aliphatic carbocycles. The minimum absolute atomic E-state index is 0.0683. The van der Waals surface area contributed by atoms with Crippen molar-refractivity contribution in [2.24, 2.45) is 0 Å². The average molecular weight is 356 g/mol. The second kappa shape index (κ2) is 7.39. The lowest BCUT2D eigenvalue weighted by Gasteiger charge is -2.08. The van der Waals surface area contributed by atoms with Crippen LogP contribution in [0.5, 0.6) is 11.5 Å². The third-order valence-corrected chi connectivity index (χ3v) is 4.03. The van der Waals surface area contributed by atoms with Crippen LogP contribution in [0.25, 0.3) is 11.0 Å². The second-order valence-corrected chi connectivity index (χ2v) is 5.66. The smallest absolute Gasteiger partial charge is 0.336 e. The fraction of sp³-hybridized carbons (Fsp3) is 0.200. The van der Waals surface area contributed by atoms with E-state index in [-0.39, 0.29) is 23.7 Å². The van der Waals surface area contributed by atoms with Crippen LogP contribution in [0.1, 0.15) is 22.8 Å². The molecule has 0 spiro atoms. The maximum atomic E-state index is 13.7. The molecule has 0 atom stereocenters. The third-order valence-electron chi connectivity index (χ3n) is 4.03. The SMILES string of the molecule is CCc1cc(=O)oc2cc(OCC(=O)c3ccc(OC)c(F)c3)ccc12. The molecule has 1 aromatic heterocycles. The Morgan fingerprint density at radius 1 is 1.15 bits per heavy atom. The molecule has 134 valence electrons. The highest BCUT2D eigenvalue weighted by atomic mass is 19.1. The van der Waals surface area contributed by atoms with Gasteiger partial charge in [0.05, 0.1) is 7.11 Å². The van der Waals surface area contributed by atoms with Gasteiger partial charge in [0.15, 0.2) is 24.0 Å². The van der Waals surface area contributed by atoms with Crippen LogP contribution >= 0.6 is 0 Å². The molecule has 3 aromatic rings. The van der Waals surface area contributed by atoms with Gasteiger partial charge in [-0.1, -0.05) is 6.92 Å². The Labute approximate surface area is 149 Å². The lowest BCUT2D eigenvalue weighted by Crippen LogP contribution is -2.12. The van der Waals surface area contributed by atoms with E-state index >= 15 is 0 Å². The van der Waals surface area contributed by atoms with E-state index in [1.54, 1.807) is 18.2 Å². The molecule has 3 rings (SSSR count). The van der Waals surface area contributed by atoms with Gasteiger partial charge in [-0.25, -0.2) is 9.18 Å². The number of hydrogen-bond donors (Lipinski definition) is 0. The normalized spacial score (nSPS) is 10.7. The number of carbonyl (C=O) groups excluding carboxylic acids is 1. The molecule has 0 saturated carbocycles. The summed E-state index contributed by atoms with van der Waals surface area (Å²) in [7, 11) is 1.35. The van der Waals surface area contributed by atoms with Gasteiger partial charge in [0, 0.05) is 23.1 Å². The summed E-state index contributed by atoms with van der Waals surface area (Å²) in [6, 6.07) is 10.5. The Morgan fingerprint density at radius 3 is 2.65 bits per heavy atom. The zero-order valence-corrected chi connectivity index (χ0v) is 14.4. The summed E-state index contributed by atoms with van der Waals surface area (Å²) in [5.41, 5.74) is 1.03. The van der Waals surface area contributed by atoms with Gasteiger partial charge in [-0.3, -0.25) is 4.79 Å². The number of halogens is 1. The Balaban J connectivity index is 1.78. The van der Waals surface area contributed by atoms with Crippen molar-refractivity contribution in [3.63, 3.8) is 0 Å².